The fraction of sp³-hybridized carbons (Fsp3) is 0.405. The van der Waals surface area contributed by atoms with E-state index in [0.29, 0.717) is 80.0 Å². The molecule has 0 aliphatic carbocycles. The van der Waals surface area contributed by atoms with Crippen molar-refractivity contribution in [2.75, 3.05) is 127 Å². The maximum atomic E-state index is 12.1. The average molecular weight is 1500 g/mol. The molecule has 2 unspecified atom stereocenters. The Balaban J connectivity index is 0.000000250. The van der Waals surface area contributed by atoms with Gasteiger partial charge in [0, 0.05) is 111 Å². The number of rotatable bonds is 36. The molecule has 4 aliphatic rings. The first-order valence-corrected chi connectivity index (χ1v) is 34.6. The molecule has 16 N–H and O–H groups in total. The highest BCUT2D eigenvalue weighted by molar-refractivity contribution is 5.98. The lowest BCUT2D eigenvalue weighted by Gasteiger charge is -2.48. The van der Waals surface area contributed by atoms with E-state index in [4.69, 9.17) is 101 Å². The maximum Gasteiger partial charge on any atom is 0.296 e. The van der Waals surface area contributed by atoms with E-state index in [9.17, 15) is 39.4 Å². The number of ether oxygens (including phenoxy) is 14. The van der Waals surface area contributed by atoms with Crippen LogP contribution in [0.3, 0.4) is 0 Å². The summed E-state index contributed by atoms with van der Waals surface area (Å²) < 4.78 is 83.3. The topological polar surface area (TPSA) is 488 Å². The lowest BCUT2D eigenvalue weighted by Crippen LogP contribution is -2.59. The van der Waals surface area contributed by atoms with Crippen LogP contribution in [0, 0.1) is 32.1 Å². The molecule has 4 heterocycles. The third-order valence-corrected chi connectivity index (χ3v) is 18.0. The molecule has 0 radical (unpaired) electrons. The molecule has 4 aliphatic heterocycles. The molecule has 34 heteroatoms. The Morgan fingerprint density at radius 2 is 0.806 bits per heavy atom. The number of nitro benzene ring substituents is 2. The van der Waals surface area contributed by atoms with Crippen LogP contribution < -0.4 is 74.6 Å². The third kappa shape index (κ3) is 20.8. The quantitative estimate of drug-likeness (QED) is 0.00599. The highest BCUT2D eigenvalue weighted by Gasteiger charge is 2.50. The van der Waals surface area contributed by atoms with Crippen molar-refractivity contribution < 1.29 is 95.3 Å². The van der Waals surface area contributed by atoms with Crippen LogP contribution in [0.5, 0.6) is 23.0 Å². The Labute approximate surface area is 622 Å². The first-order chi connectivity index (χ1) is 52.0. The van der Waals surface area contributed by atoms with Gasteiger partial charge in [0.1, 0.15) is 58.8 Å². The van der Waals surface area contributed by atoms with Crippen molar-refractivity contribution in [3.8, 4) is 23.0 Å². The number of hydrogen-bond donors (Lipinski definition) is 10. The summed E-state index contributed by atoms with van der Waals surface area (Å²) in [5.74, 6) is -2.33. The zero-order valence-electron chi connectivity index (χ0n) is 60.5. The summed E-state index contributed by atoms with van der Waals surface area (Å²) in [7, 11) is 5.88. The molecule has 4 amide bonds. The Hall–Kier alpha value is -10.9. The molecule has 4 saturated heterocycles. The van der Waals surface area contributed by atoms with Crippen molar-refractivity contribution in [1.29, 1.82) is 0 Å². The molecule has 12 atom stereocenters. The monoisotopic (exact) mass is 1500 g/mol. The number of hydrogen-bond acceptors (Lipinski definition) is 28. The minimum Gasteiger partial charge on any atom is -0.494 e. The first-order valence-electron chi connectivity index (χ1n) is 34.6. The fourth-order valence-corrected chi connectivity index (χ4v) is 12.5. The number of nitrogens with zero attached hydrogens (tertiary/aromatic N) is 2. The number of primary amides is 4. The van der Waals surface area contributed by atoms with Gasteiger partial charge in [-0.15, -0.1) is 0 Å². The van der Waals surface area contributed by atoms with Gasteiger partial charge in [-0.1, -0.05) is 98.8 Å². The van der Waals surface area contributed by atoms with E-state index >= 15 is 0 Å². The lowest BCUT2D eigenvalue weighted by molar-refractivity contribution is -0.384. The van der Waals surface area contributed by atoms with E-state index in [2.05, 4.69) is 28.2 Å². The molecular weight excluding hydrogens is 1410 g/mol. The van der Waals surface area contributed by atoms with Crippen molar-refractivity contribution in [3.05, 3.63) is 187 Å². The highest BCUT2D eigenvalue weighted by atomic mass is 16.8. The SMILES string of the molecule is COc1cc(C(N)=O)cc(N)c1NC/C=C/CNc1c(N)cc(C(N)=O)cc1OCCCO[C@H]1[C@@H](OC)O[C@@H]2COC(c3ccccc3)O[C@H]2[C@@H]1C.COc1cc(C(N)=O)cc([N+](=O)[O-])c1NC/C=C/CNc1c(OCCCO[C@H]2[C@@H](OC)O[C@@H]3COC(c4ccccc4)O[C@H]3[C@@H]2C)cc(C(N)=O)cc1[N+](=O)[O-]. The number of nitro groups is 2. The van der Waals surface area contributed by atoms with Crippen LogP contribution >= 0.6 is 0 Å². The summed E-state index contributed by atoms with van der Waals surface area (Å²) in [6.07, 6.45) is 3.44. The second-order valence-corrected chi connectivity index (χ2v) is 25.2. The summed E-state index contributed by atoms with van der Waals surface area (Å²) in [5.41, 5.74) is 37.0. The van der Waals surface area contributed by atoms with Crippen molar-refractivity contribution in [3.63, 3.8) is 0 Å². The number of nitrogen functional groups attached to an aromatic ring is 2. The van der Waals surface area contributed by atoms with Crippen LogP contribution in [0.1, 0.15) is 91.8 Å². The second-order valence-electron chi connectivity index (χ2n) is 25.2. The van der Waals surface area contributed by atoms with Gasteiger partial charge in [0.15, 0.2) is 36.5 Å². The maximum absolute atomic E-state index is 12.1. The molecule has 4 fully saturated rings. The largest absolute Gasteiger partial charge is 0.494 e. The van der Waals surface area contributed by atoms with Crippen LogP contribution in [0.25, 0.3) is 0 Å². The summed E-state index contributed by atoms with van der Waals surface area (Å²) in [5, 5.41) is 36.0. The summed E-state index contributed by atoms with van der Waals surface area (Å²) in [4.78, 5) is 69.6. The fourth-order valence-electron chi connectivity index (χ4n) is 12.5. The first kappa shape index (κ1) is 81.2. The molecule has 10 rings (SSSR count). The third-order valence-electron chi connectivity index (χ3n) is 18.0. The van der Waals surface area contributed by atoms with Gasteiger partial charge in [-0.3, -0.25) is 39.4 Å². The van der Waals surface area contributed by atoms with E-state index in [-0.39, 0.29) is 120 Å². The number of carbonyl (C=O) groups excluding carboxylic acids is 4. The van der Waals surface area contributed by atoms with Crippen LogP contribution in [0.4, 0.5) is 45.5 Å². The molecule has 580 valence electrons. The number of nitrogens with one attached hydrogen (secondary N) is 4. The van der Waals surface area contributed by atoms with Crippen LogP contribution in [0.2, 0.25) is 0 Å². The van der Waals surface area contributed by atoms with Gasteiger partial charge in [0.05, 0.1) is 87.3 Å². The van der Waals surface area contributed by atoms with Gasteiger partial charge in [-0.2, -0.15) is 0 Å². The van der Waals surface area contributed by atoms with E-state index in [1.807, 2.05) is 79.7 Å². The Morgan fingerprint density at radius 1 is 0.472 bits per heavy atom. The van der Waals surface area contributed by atoms with E-state index < -0.39 is 76.1 Å². The normalized spacial score (nSPS) is 22.3. The number of amides is 4. The van der Waals surface area contributed by atoms with E-state index in [0.717, 1.165) is 23.3 Å². The number of anilines is 6. The molecule has 0 aromatic heterocycles. The minimum absolute atomic E-state index is 0.00213. The average Bonchev–Trinajstić information content (AvgIpc) is 0.785. The van der Waals surface area contributed by atoms with Gasteiger partial charge >= 0.3 is 0 Å². The predicted octanol–water partition coefficient (Wildman–Crippen LogP) is 7.48. The molecule has 108 heavy (non-hydrogen) atoms. The number of benzene rings is 6. The van der Waals surface area contributed by atoms with Crippen LogP contribution in [0.15, 0.2) is 133 Å². The Morgan fingerprint density at radius 3 is 1.17 bits per heavy atom. The van der Waals surface area contributed by atoms with E-state index in [1.165, 1.54) is 51.7 Å². The number of methoxy groups -OCH3 is 4. The van der Waals surface area contributed by atoms with Gasteiger partial charge in [0.2, 0.25) is 23.6 Å². The van der Waals surface area contributed by atoms with Gasteiger partial charge in [-0.05, 0) is 36.4 Å². The van der Waals surface area contributed by atoms with Gasteiger partial charge < -0.3 is 122 Å². The molecule has 0 bridgehead atoms. The second kappa shape index (κ2) is 39.1. The molecule has 6 aromatic carbocycles. The number of nitrogens with two attached hydrogens (primary N) is 6. The van der Waals surface area contributed by atoms with Gasteiger partial charge in [-0.25, -0.2) is 0 Å². The van der Waals surface area contributed by atoms with Gasteiger partial charge in [0.25, 0.3) is 11.4 Å². The van der Waals surface area contributed by atoms with E-state index in [1.54, 1.807) is 25.3 Å². The molecule has 0 saturated carbocycles. The molecule has 34 nitrogen and oxygen atoms in total. The summed E-state index contributed by atoms with van der Waals surface area (Å²) in [6, 6.07) is 30.2. The summed E-state index contributed by atoms with van der Waals surface area (Å²) >= 11 is 0. The highest BCUT2D eigenvalue weighted by Crippen LogP contribution is 2.43. The zero-order chi connectivity index (χ0) is 77.6. The van der Waals surface area contributed by atoms with Crippen molar-refractivity contribution in [2.45, 2.75) is 88.5 Å². The number of fused-ring (bicyclic) bond motifs is 2. The lowest BCUT2D eigenvalue weighted by atomic mass is 9.89. The van der Waals surface area contributed by atoms with Crippen molar-refractivity contribution >= 4 is 69.1 Å². The van der Waals surface area contributed by atoms with Crippen LogP contribution in [-0.2, 0) is 47.4 Å². The van der Waals surface area contributed by atoms with Crippen molar-refractivity contribution in [1.82, 2.24) is 0 Å². The molecule has 0 spiro atoms. The minimum atomic E-state index is -0.882. The Kier molecular flexibility index (Phi) is 29.4. The summed E-state index contributed by atoms with van der Waals surface area (Å²) in [6.45, 7) is 6.55. The molecule has 6 aromatic rings. The van der Waals surface area contributed by atoms with Crippen molar-refractivity contribution in [2.24, 2.45) is 34.8 Å². The standard InChI is InChI=1S/C37H44N6O13.C37H48N6O9/c1-21-32-29(20-54-36(56-32)22-10-5-4-6-11-22)55-37(51-3)33(21)53-15-9-14-52-28-19-24(35(39)45)17-26(43(48)49)31(28)41-13-8-7-12-40-30-25(42(46)47)16-23(34(38)44)18-27(30)50-2;1-21-32-29(20-50-36(52-32)22-10-5-4-6-11-22)51-37(47-3)33(21)49-15-9-14-48-28-19-24(35(41)45)17-26(39)31(28)43-13-8-7-12-42-30-25(38)16-23(34(40)44)18-27(30)46-2/h4-8,10-11,16-19,21,29,32-33,36-37,40-41H,9,12-15,20H2,1-3H3,(H2,38,44)(H2,39,45);4-8,10-11,16-19,21,29,32-33,36-37,42-43H,9,12-15,20,38-39H2,1-3H3,(H2,40,44)(H2,41,45)/b2*8-7+/t2*21-,29+,32-,33+,36?,37-/m00/s1. The zero-order valence-corrected chi connectivity index (χ0v) is 60.5. The molecular formula is C74H92N12O22. The number of carbonyl (C=O) groups is 4. The predicted molar refractivity (Wildman–Crippen MR) is 397 cm³/mol. The smallest absolute Gasteiger partial charge is 0.296 e. The Bertz CT molecular complexity index is 4140. The van der Waals surface area contributed by atoms with Crippen LogP contribution in [-0.4, -0.2) is 177 Å².